The Bertz CT molecular complexity index is 1160. The zero-order valence-electron chi connectivity index (χ0n) is 17.5. The number of ether oxygens (including phenoxy) is 3. The minimum Gasteiger partial charge on any atom is -0.374 e. The lowest BCUT2D eigenvalue weighted by molar-refractivity contribution is -0.159. The van der Waals surface area contributed by atoms with Crippen LogP contribution in [0.25, 0.3) is 0 Å². The van der Waals surface area contributed by atoms with Crippen molar-refractivity contribution in [1.82, 2.24) is 14.9 Å². The molecule has 1 aromatic heterocycles. The summed E-state index contributed by atoms with van der Waals surface area (Å²) in [6.45, 7) is 1.62. The van der Waals surface area contributed by atoms with E-state index in [1.54, 1.807) is 0 Å². The third-order valence-corrected chi connectivity index (χ3v) is 6.02. The van der Waals surface area contributed by atoms with E-state index in [1.165, 1.54) is 16.8 Å². The van der Waals surface area contributed by atoms with Gasteiger partial charge in [0, 0.05) is 18.8 Å². The van der Waals surface area contributed by atoms with Gasteiger partial charge in [0.05, 0.1) is 25.9 Å². The molecule has 4 atom stereocenters. The van der Waals surface area contributed by atoms with Crippen LogP contribution in [0.3, 0.4) is 0 Å². The third-order valence-electron chi connectivity index (χ3n) is 6.02. The predicted octanol–water partition coefficient (Wildman–Crippen LogP) is 1.36. The van der Waals surface area contributed by atoms with Crippen LogP contribution in [0, 0.1) is 0 Å². The van der Waals surface area contributed by atoms with Gasteiger partial charge in [0.1, 0.15) is 12.2 Å². The Hall–Kier alpha value is -3.04. The Morgan fingerprint density at radius 1 is 0.969 bits per heavy atom. The molecule has 0 bridgehead atoms. The number of aromatic amines is 1. The molecule has 0 spiro atoms. The van der Waals surface area contributed by atoms with E-state index in [2.05, 4.69) is 10.3 Å². The monoisotopic (exact) mass is 435 g/mol. The van der Waals surface area contributed by atoms with Crippen LogP contribution in [0.2, 0.25) is 0 Å². The van der Waals surface area contributed by atoms with Crippen molar-refractivity contribution in [2.75, 3.05) is 13.2 Å². The molecule has 3 aromatic rings. The first-order valence-electron chi connectivity index (χ1n) is 10.7. The number of aromatic nitrogens is 2. The molecule has 0 unspecified atom stereocenters. The molecule has 8 nitrogen and oxygen atoms in total. The fraction of sp³-hybridized carbons (Fsp3) is 0.333. The van der Waals surface area contributed by atoms with Crippen molar-refractivity contribution in [3.05, 3.63) is 105 Å². The van der Waals surface area contributed by atoms with Gasteiger partial charge in [0.15, 0.2) is 5.72 Å². The molecule has 2 aliphatic heterocycles. The molecule has 2 N–H and O–H groups in total. The summed E-state index contributed by atoms with van der Waals surface area (Å²) in [6, 6.07) is 20.9. The minimum absolute atomic E-state index is 0.250. The maximum Gasteiger partial charge on any atom is 0.330 e. The Kier molecular flexibility index (Phi) is 5.75. The van der Waals surface area contributed by atoms with Crippen molar-refractivity contribution in [3.8, 4) is 0 Å². The lowest BCUT2D eigenvalue weighted by atomic mass is 9.91. The second-order valence-corrected chi connectivity index (χ2v) is 8.10. The molecular weight excluding hydrogens is 410 g/mol. The molecule has 0 aliphatic carbocycles. The van der Waals surface area contributed by atoms with Gasteiger partial charge in [-0.3, -0.25) is 14.3 Å². The van der Waals surface area contributed by atoms with E-state index >= 15 is 0 Å². The molecule has 32 heavy (non-hydrogen) atoms. The van der Waals surface area contributed by atoms with Gasteiger partial charge in [-0.1, -0.05) is 60.7 Å². The fourth-order valence-corrected chi connectivity index (χ4v) is 4.40. The molecule has 3 heterocycles. The van der Waals surface area contributed by atoms with Gasteiger partial charge in [-0.25, -0.2) is 4.79 Å². The van der Waals surface area contributed by atoms with Gasteiger partial charge >= 0.3 is 5.69 Å². The highest BCUT2D eigenvalue weighted by molar-refractivity contribution is 5.16. The van der Waals surface area contributed by atoms with Crippen LogP contribution in [0.5, 0.6) is 0 Å². The summed E-state index contributed by atoms with van der Waals surface area (Å²) in [4.78, 5) is 26.4. The Morgan fingerprint density at radius 2 is 1.66 bits per heavy atom. The molecule has 8 heteroatoms. The predicted molar refractivity (Wildman–Crippen MR) is 117 cm³/mol. The number of rotatable bonds is 8. The quantitative estimate of drug-likeness (QED) is 0.555. The average Bonchev–Trinajstić information content (AvgIpc) is 3.00. The average molecular weight is 435 g/mol. The number of nitrogens with one attached hydrogen (secondary N) is 2. The Balaban J connectivity index is 1.36. The van der Waals surface area contributed by atoms with Gasteiger partial charge < -0.3 is 19.5 Å². The summed E-state index contributed by atoms with van der Waals surface area (Å²) in [5, 5.41) is 3.36. The molecule has 166 valence electrons. The molecule has 0 radical (unpaired) electrons. The molecule has 2 saturated heterocycles. The Labute approximate surface area is 184 Å². The van der Waals surface area contributed by atoms with Crippen LogP contribution < -0.4 is 16.6 Å². The highest BCUT2D eigenvalue weighted by atomic mass is 16.6. The lowest BCUT2D eigenvalue weighted by Gasteiger charge is -2.46. The van der Waals surface area contributed by atoms with Crippen molar-refractivity contribution in [3.63, 3.8) is 0 Å². The molecular formula is C24H25N3O5. The molecule has 0 amide bonds. The fourth-order valence-electron chi connectivity index (χ4n) is 4.40. The number of hydrogen-bond acceptors (Lipinski definition) is 6. The molecule has 2 fully saturated rings. The zero-order valence-corrected chi connectivity index (χ0v) is 17.5. The topological polar surface area (TPSA) is 94.6 Å². The smallest absolute Gasteiger partial charge is 0.330 e. The summed E-state index contributed by atoms with van der Waals surface area (Å²) in [6.07, 6.45) is 0.760. The van der Waals surface area contributed by atoms with Crippen molar-refractivity contribution < 1.29 is 14.2 Å². The van der Waals surface area contributed by atoms with Crippen LogP contribution in [-0.4, -0.2) is 41.0 Å². The first kappa shape index (κ1) is 20.8. The summed E-state index contributed by atoms with van der Waals surface area (Å²) < 4.78 is 20.1. The first-order valence-corrected chi connectivity index (χ1v) is 10.7. The van der Waals surface area contributed by atoms with Crippen LogP contribution in [-0.2, 0) is 33.1 Å². The first-order chi connectivity index (χ1) is 15.7. The van der Waals surface area contributed by atoms with Crippen molar-refractivity contribution in [2.45, 2.75) is 37.2 Å². The second kappa shape index (κ2) is 8.84. The normalized spacial score (nSPS) is 26.4. The van der Waals surface area contributed by atoms with E-state index in [1.807, 2.05) is 60.7 Å². The van der Waals surface area contributed by atoms with Crippen molar-refractivity contribution in [2.24, 2.45) is 0 Å². The zero-order chi connectivity index (χ0) is 22.0. The molecule has 2 aromatic carbocycles. The van der Waals surface area contributed by atoms with Gasteiger partial charge in [0.25, 0.3) is 5.56 Å². The number of hydrogen-bond donors (Lipinski definition) is 2. The molecule has 5 rings (SSSR count). The van der Waals surface area contributed by atoms with Gasteiger partial charge in [0.2, 0.25) is 0 Å². The van der Waals surface area contributed by atoms with Gasteiger partial charge in [-0.05, 0) is 11.1 Å². The van der Waals surface area contributed by atoms with Crippen LogP contribution in [0.15, 0.2) is 82.5 Å². The van der Waals surface area contributed by atoms with E-state index in [0.717, 1.165) is 11.1 Å². The van der Waals surface area contributed by atoms with Crippen molar-refractivity contribution >= 4 is 0 Å². The van der Waals surface area contributed by atoms with E-state index in [9.17, 15) is 9.59 Å². The number of benzene rings is 2. The maximum absolute atomic E-state index is 12.5. The summed E-state index contributed by atoms with van der Waals surface area (Å²) >= 11 is 0. The number of H-pyrrole nitrogens is 1. The maximum atomic E-state index is 12.5. The number of nitrogens with zero attached hydrogens (tertiary/aromatic N) is 1. The summed E-state index contributed by atoms with van der Waals surface area (Å²) in [5.74, 6) is 0. The van der Waals surface area contributed by atoms with Crippen molar-refractivity contribution in [1.29, 1.82) is 0 Å². The highest BCUT2D eigenvalue weighted by Gasteiger charge is 2.63. The second-order valence-electron chi connectivity index (χ2n) is 8.10. The van der Waals surface area contributed by atoms with Crippen LogP contribution in [0.4, 0.5) is 0 Å². The minimum atomic E-state index is -0.927. The van der Waals surface area contributed by atoms with E-state index in [-0.39, 0.29) is 18.2 Å². The standard InChI is InChI=1S/C24H25N3O5/c28-20-11-12-27(23(29)26-20)24-16-25-22(24)21(31-14-18-9-5-2-6-10-18)19(32-24)15-30-13-17-7-3-1-4-8-17/h1-12,19,21-22,25H,13-16H2,(H,26,28,29)/t19-,21-,22-,24-/m1/s1. The van der Waals surface area contributed by atoms with E-state index < -0.39 is 17.0 Å². The summed E-state index contributed by atoms with van der Waals surface area (Å²) in [7, 11) is 0. The SMILES string of the molecule is O=c1ccn([C@@]23CN[C@@H]2[C@H](OCc2ccccc2)[C@@H](COCc2ccccc2)O3)c(=O)[nH]1. The van der Waals surface area contributed by atoms with Crippen LogP contribution >= 0.6 is 0 Å². The highest BCUT2D eigenvalue weighted by Crippen LogP contribution is 2.42. The molecule has 0 saturated carbocycles. The Morgan fingerprint density at radius 3 is 2.28 bits per heavy atom. The number of fused-ring (bicyclic) bond motifs is 1. The summed E-state index contributed by atoms with van der Waals surface area (Å²) in [5.41, 5.74) is 0.249. The van der Waals surface area contributed by atoms with E-state index in [4.69, 9.17) is 14.2 Å². The lowest BCUT2D eigenvalue weighted by Crippen LogP contribution is -2.71. The molecule has 2 aliphatic rings. The van der Waals surface area contributed by atoms with Gasteiger partial charge in [-0.2, -0.15) is 0 Å². The third kappa shape index (κ3) is 3.93. The van der Waals surface area contributed by atoms with Gasteiger partial charge in [-0.15, -0.1) is 0 Å². The largest absolute Gasteiger partial charge is 0.374 e. The van der Waals surface area contributed by atoms with E-state index in [0.29, 0.717) is 26.4 Å². The van der Waals surface area contributed by atoms with Crippen LogP contribution in [0.1, 0.15) is 11.1 Å².